The third kappa shape index (κ3) is 5.30. The molecule has 0 radical (unpaired) electrons. The Labute approximate surface area is 168 Å². The minimum Gasteiger partial charge on any atom is -0.356 e. The monoisotopic (exact) mass is 395 g/mol. The second-order valence-electron chi connectivity index (χ2n) is 6.61. The summed E-state index contributed by atoms with van der Waals surface area (Å²) in [6, 6.07) is 18.9. The van der Waals surface area contributed by atoms with Crippen molar-refractivity contribution in [3.8, 4) is 0 Å². The molecule has 0 aliphatic heterocycles. The predicted molar refractivity (Wildman–Crippen MR) is 111 cm³/mol. The first-order chi connectivity index (χ1) is 13.5. The molecule has 1 heterocycles. The van der Waals surface area contributed by atoms with Crippen LogP contribution in [0.2, 0.25) is 5.02 Å². The number of rotatable bonds is 7. The maximum Gasteiger partial charge on any atom is 0.251 e. The molecular formula is C22H22ClN3O2. The van der Waals surface area contributed by atoms with Gasteiger partial charge in [-0.05, 0) is 24.1 Å². The summed E-state index contributed by atoms with van der Waals surface area (Å²) in [4.78, 5) is 31.0. The number of nitrogens with one attached hydrogen (secondary N) is 2. The average molecular weight is 396 g/mol. The lowest BCUT2D eigenvalue weighted by Crippen LogP contribution is -2.28. The van der Waals surface area contributed by atoms with E-state index in [1.807, 2.05) is 54.6 Å². The second kappa shape index (κ2) is 9.33. The van der Waals surface area contributed by atoms with Crippen LogP contribution >= 0.6 is 11.6 Å². The summed E-state index contributed by atoms with van der Waals surface area (Å²) < 4.78 is 0. The van der Waals surface area contributed by atoms with Crippen molar-refractivity contribution in [1.82, 2.24) is 15.3 Å². The maximum absolute atomic E-state index is 12.6. The smallest absolute Gasteiger partial charge is 0.251 e. The number of amides is 1. The summed E-state index contributed by atoms with van der Waals surface area (Å²) in [6.07, 6.45) is 0.786. The summed E-state index contributed by atoms with van der Waals surface area (Å²) in [5.41, 5.74) is 2.44. The minimum atomic E-state index is -0.184. The highest BCUT2D eigenvalue weighted by Crippen LogP contribution is 2.32. The molecule has 0 bridgehead atoms. The van der Waals surface area contributed by atoms with Gasteiger partial charge in [-0.2, -0.15) is 0 Å². The van der Waals surface area contributed by atoms with Crippen molar-refractivity contribution in [2.24, 2.45) is 0 Å². The lowest BCUT2D eigenvalue weighted by Gasteiger charge is -2.19. The molecular weight excluding hydrogens is 374 g/mol. The topological polar surface area (TPSA) is 74.8 Å². The molecule has 28 heavy (non-hydrogen) atoms. The molecule has 2 aromatic carbocycles. The number of halogens is 1. The first-order valence-electron chi connectivity index (χ1n) is 9.16. The standard InChI is InChI=1S/C22H22ClN3O2/c1-15-25-17(13-22(28)26-15)11-12-24-21(27)14-19(16-7-3-2-4-8-16)18-9-5-6-10-20(18)23/h2-10,13,19H,11-12,14H2,1H3,(H,24,27)(H,25,26,28). The Morgan fingerprint density at radius 1 is 1.14 bits per heavy atom. The highest BCUT2D eigenvalue weighted by atomic mass is 35.5. The Hall–Kier alpha value is -2.92. The molecule has 3 rings (SSSR count). The highest BCUT2D eigenvalue weighted by Gasteiger charge is 2.20. The molecule has 1 aromatic heterocycles. The fourth-order valence-electron chi connectivity index (χ4n) is 3.21. The summed E-state index contributed by atoms with van der Waals surface area (Å²) in [7, 11) is 0. The third-order valence-corrected chi connectivity index (χ3v) is 4.83. The number of aromatic nitrogens is 2. The number of benzene rings is 2. The van der Waals surface area contributed by atoms with Gasteiger partial charge in [-0.25, -0.2) is 4.98 Å². The van der Waals surface area contributed by atoms with Crippen molar-refractivity contribution >= 4 is 17.5 Å². The van der Waals surface area contributed by atoms with Crippen molar-refractivity contribution < 1.29 is 4.79 Å². The van der Waals surface area contributed by atoms with Crippen LogP contribution in [0.4, 0.5) is 0 Å². The van der Waals surface area contributed by atoms with Crippen molar-refractivity contribution in [2.45, 2.75) is 25.7 Å². The zero-order valence-electron chi connectivity index (χ0n) is 15.6. The van der Waals surface area contributed by atoms with E-state index in [0.29, 0.717) is 29.5 Å². The molecule has 1 unspecified atom stereocenters. The highest BCUT2D eigenvalue weighted by molar-refractivity contribution is 6.31. The van der Waals surface area contributed by atoms with Gasteiger partial charge in [0.15, 0.2) is 0 Å². The van der Waals surface area contributed by atoms with Crippen molar-refractivity contribution in [2.75, 3.05) is 6.54 Å². The summed E-state index contributed by atoms with van der Waals surface area (Å²) >= 11 is 6.39. The lowest BCUT2D eigenvalue weighted by atomic mass is 9.88. The summed E-state index contributed by atoms with van der Waals surface area (Å²) in [5, 5.41) is 3.57. The number of aryl methyl sites for hydroxylation is 1. The number of aromatic amines is 1. The number of hydrogen-bond acceptors (Lipinski definition) is 3. The molecule has 5 nitrogen and oxygen atoms in total. The van der Waals surface area contributed by atoms with E-state index in [4.69, 9.17) is 11.6 Å². The number of nitrogens with zero attached hydrogens (tertiary/aromatic N) is 1. The van der Waals surface area contributed by atoms with Crippen LogP contribution in [0.1, 0.15) is 35.0 Å². The van der Waals surface area contributed by atoms with Gasteiger partial charge >= 0.3 is 0 Å². The fraction of sp³-hybridized carbons (Fsp3) is 0.227. The van der Waals surface area contributed by atoms with Crippen molar-refractivity contribution in [3.63, 3.8) is 0 Å². The van der Waals surface area contributed by atoms with Gasteiger partial charge in [-0.15, -0.1) is 0 Å². The fourth-order valence-corrected chi connectivity index (χ4v) is 3.47. The van der Waals surface area contributed by atoms with E-state index >= 15 is 0 Å². The largest absolute Gasteiger partial charge is 0.356 e. The van der Waals surface area contributed by atoms with Crippen molar-refractivity contribution in [3.05, 3.63) is 98.7 Å². The van der Waals surface area contributed by atoms with Gasteiger partial charge < -0.3 is 10.3 Å². The van der Waals surface area contributed by atoms with E-state index in [1.54, 1.807) is 6.92 Å². The first kappa shape index (κ1) is 19.8. The molecule has 0 aliphatic rings. The number of carbonyl (C=O) groups is 1. The van der Waals surface area contributed by atoms with E-state index in [-0.39, 0.29) is 23.8 Å². The molecule has 2 N–H and O–H groups in total. The van der Waals surface area contributed by atoms with Gasteiger partial charge in [0.05, 0.1) is 0 Å². The Balaban J connectivity index is 1.68. The SMILES string of the molecule is Cc1nc(CCNC(=O)CC(c2ccccc2)c2ccccc2Cl)cc(=O)[nH]1. The van der Waals surface area contributed by atoms with Crippen LogP contribution < -0.4 is 10.9 Å². The maximum atomic E-state index is 12.6. The van der Waals surface area contributed by atoms with E-state index in [1.165, 1.54) is 6.07 Å². The Morgan fingerprint density at radius 2 is 1.86 bits per heavy atom. The van der Waals surface area contributed by atoms with Gasteiger partial charge in [0.25, 0.3) is 5.56 Å². The van der Waals surface area contributed by atoms with Crippen LogP contribution in [-0.4, -0.2) is 22.4 Å². The molecule has 0 spiro atoms. The van der Waals surface area contributed by atoms with Gasteiger partial charge in [0, 0.05) is 42.1 Å². The Morgan fingerprint density at radius 3 is 2.57 bits per heavy atom. The number of carbonyl (C=O) groups excluding carboxylic acids is 1. The van der Waals surface area contributed by atoms with E-state index < -0.39 is 0 Å². The molecule has 1 atom stereocenters. The molecule has 144 valence electrons. The van der Waals surface area contributed by atoms with Gasteiger partial charge in [-0.1, -0.05) is 60.1 Å². The number of H-pyrrole nitrogens is 1. The average Bonchev–Trinajstić information content (AvgIpc) is 2.67. The van der Waals surface area contributed by atoms with Crippen LogP contribution in [-0.2, 0) is 11.2 Å². The molecule has 1 amide bonds. The minimum absolute atomic E-state index is 0.0738. The third-order valence-electron chi connectivity index (χ3n) is 4.49. The van der Waals surface area contributed by atoms with E-state index in [0.717, 1.165) is 11.1 Å². The zero-order chi connectivity index (χ0) is 19.9. The van der Waals surface area contributed by atoms with E-state index in [2.05, 4.69) is 15.3 Å². The van der Waals surface area contributed by atoms with Gasteiger partial charge in [-0.3, -0.25) is 9.59 Å². The molecule has 3 aromatic rings. The van der Waals surface area contributed by atoms with Gasteiger partial charge in [0.1, 0.15) is 5.82 Å². The van der Waals surface area contributed by atoms with Crippen LogP contribution in [0.3, 0.4) is 0 Å². The van der Waals surface area contributed by atoms with Gasteiger partial charge in [0.2, 0.25) is 5.91 Å². The molecule has 0 saturated carbocycles. The summed E-state index contributed by atoms with van der Waals surface area (Å²) in [5.74, 6) is 0.363. The quantitative estimate of drug-likeness (QED) is 0.641. The lowest BCUT2D eigenvalue weighted by molar-refractivity contribution is -0.121. The molecule has 0 aliphatic carbocycles. The van der Waals surface area contributed by atoms with Crippen LogP contribution in [0.25, 0.3) is 0 Å². The van der Waals surface area contributed by atoms with Crippen molar-refractivity contribution in [1.29, 1.82) is 0 Å². The van der Waals surface area contributed by atoms with Crippen LogP contribution in [0.15, 0.2) is 65.5 Å². The van der Waals surface area contributed by atoms with Crippen LogP contribution in [0.5, 0.6) is 0 Å². The Kier molecular flexibility index (Phi) is 6.61. The summed E-state index contributed by atoms with van der Waals surface area (Å²) in [6.45, 7) is 2.15. The first-order valence-corrected chi connectivity index (χ1v) is 9.53. The second-order valence-corrected chi connectivity index (χ2v) is 7.02. The molecule has 6 heteroatoms. The molecule has 0 saturated heterocycles. The predicted octanol–water partition coefficient (Wildman–Crippen LogP) is 3.61. The zero-order valence-corrected chi connectivity index (χ0v) is 16.4. The van der Waals surface area contributed by atoms with E-state index in [9.17, 15) is 9.59 Å². The molecule has 0 fully saturated rings. The van der Waals surface area contributed by atoms with Crippen LogP contribution in [0, 0.1) is 6.92 Å². The normalized spacial score (nSPS) is 11.8. The Bertz CT molecular complexity index is 1000. The number of hydrogen-bond donors (Lipinski definition) is 2.